The van der Waals surface area contributed by atoms with E-state index in [0.29, 0.717) is 18.9 Å². The average Bonchev–Trinajstić information content (AvgIpc) is 2.55. The molecule has 28 heavy (non-hydrogen) atoms. The molecule has 0 bridgehead atoms. The standard InChI is InChI=1S/C20H25F3N2O2.W/c1-6-8-18(27-12-11-25(4)5)16(7-2)19(26)24-15-10-9-14(3)17(13-15)20(21,22)23;/h7-10,13H,11-12H2,1-5H3,(H,24,26);. The summed E-state index contributed by atoms with van der Waals surface area (Å²) in [6.45, 7) is 6.03. The van der Waals surface area contributed by atoms with Crippen LogP contribution in [0.3, 0.4) is 0 Å². The van der Waals surface area contributed by atoms with E-state index in [1.54, 1.807) is 19.1 Å². The van der Waals surface area contributed by atoms with E-state index in [1.165, 1.54) is 38.4 Å². The summed E-state index contributed by atoms with van der Waals surface area (Å²) in [5.41, 5.74) is -0.318. The van der Waals surface area contributed by atoms with Crippen LogP contribution in [0, 0.1) is 6.92 Å². The van der Waals surface area contributed by atoms with E-state index in [0.717, 1.165) is 9.96 Å². The normalized spacial score (nSPS) is 12.9. The Hall–Kier alpha value is -1.72. The van der Waals surface area contributed by atoms with Crippen molar-refractivity contribution in [2.45, 2.75) is 26.9 Å². The Balaban J connectivity index is 3.08. The Morgan fingerprint density at radius 3 is 2.46 bits per heavy atom. The number of nitrogens with one attached hydrogen (secondary N) is 1. The van der Waals surface area contributed by atoms with Gasteiger partial charge in [0.15, 0.2) is 0 Å². The Bertz CT molecular complexity index is 784. The number of alkyl halides is 3. The monoisotopic (exact) mass is 566 g/mol. The van der Waals surface area contributed by atoms with Gasteiger partial charge in [0.2, 0.25) is 0 Å². The maximum absolute atomic E-state index is 13.1. The summed E-state index contributed by atoms with van der Waals surface area (Å²) in [4.78, 5) is 14.7. The SMILES string of the molecule is CC=C(C(=O)Nc1ccc(C)c(C(F)(F)F)c1)C(=C[C](C)=[W])OCCN(C)C. The summed E-state index contributed by atoms with van der Waals surface area (Å²) in [6, 6.07) is 3.73. The van der Waals surface area contributed by atoms with Crippen LogP contribution in [0.5, 0.6) is 0 Å². The number of anilines is 1. The van der Waals surface area contributed by atoms with E-state index in [9.17, 15) is 18.0 Å². The molecule has 154 valence electrons. The van der Waals surface area contributed by atoms with Crippen LogP contribution >= 0.6 is 0 Å². The van der Waals surface area contributed by atoms with E-state index in [4.69, 9.17) is 4.74 Å². The van der Waals surface area contributed by atoms with Crippen LogP contribution in [0.25, 0.3) is 0 Å². The quantitative estimate of drug-likeness (QED) is 0.293. The van der Waals surface area contributed by atoms with Crippen molar-refractivity contribution >= 4 is 15.5 Å². The van der Waals surface area contributed by atoms with Crippen LogP contribution in [0.2, 0.25) is 0 Å². The van der Waals surface area contributed by atoms with Crippen LogP contribution < -0.4 is 5.32 Å². The Kier molecular flexibility index (Phi) is 9.31. The van der Waals surface area contributed by atoms with Gasteiger partial charge in [0, 0.05) is 0 Å². The molecular weight excluding hydrogens is 541 g/mol. The van der Waals surface area contributed by atoms with Gasteiger partial charge in [-0.2, -0.15) is 0 Å². The first-order chi connectivity index (χ1) is 13.0. The van der Waals surface area contributed by atoms with E-state index in [-0.39, 0.29) is 16.8 Å². The van der Waals surface area contributed by atoms with Crippen molar-refractivity contribution in [1.82, 2.24) is 4.90 Å². The first-order valence-corrected chi connectivity index (χ1v) is 10.1. The molecule has 0 saturated carbocycles. The van der Waals surface area contributed by atoms with Crippen molar-refractivity contribution in [1.29, 1.82) is 0 Å². The fraction of sp³-hybridized carbons (Fsp3) is 0.400. The summed E-state index contributed by atoms with van der Waals surface area (Å²) in [5.74, 6) is -0.121. The molecule has 0 aliphatic heterocycles. The van der Waals surface area contributed by atoms with Crippen molar-refractivity contribution < 1.29 is 42.1 Å². The van der Waals surface area contributed by atoms with Gasteiger partial charge in [-0.05, 0) is 0 Å². The number of likely N-dealkylation sites (N-methyl/N-ethyl adjacent to an activating group) is 1. The molecule has 0 radical (unpaired) electrons. The molecule has 1 amide bonds. The number of hydrogen-bond acceptors (Lipinski definition) is 3. The third-order valence-corrected chi connectivity index (χ3v) is 4.15. The molecule has 0 atom stereocenters. The maximum atomic E-state index is 13.1. The van der Waals surface area contributed by atoms with Crippen molar-refractivity contribution in [2.24, 2.45) is 0 Å². The van der Waals surface area contributed by atoms with E-state index in [2.05, 4.69) is 5.32 Å². The molecule has 0 aliphatic carbocycles. The number of halogens is 3. The summed E-state index contributed by atoms with van der Waals surface area (Å²) in [5, 5.41) is 2.54. The molecule has 1 rings (SSSR count). The molecule has 0 unspecified atom stereocenters. The molecule has 0 saturated heterocycles. The van der Waals surface area contributed by atoms with E-state index >= 15 is 0 Å². The molecule has 0 aliphatic rings. The van der Waals surface area contributed by atoms with Gasteiger partial charge >= 0.3 is 175 Å². The van der Waals surface area contributed by atoms with E-state index in [1.807, 2.05) is 25.9 Å². The van der Waals surface area contributed by atoms with Crippen molar-refractivity contribution in [3.63, 3.8) is 0 Å². The predicted molar refractivity (Wildman–Crippen MR) is 102 cm³/mol. The van der Waals surface area contributed by atoms with Gasteiger partial charge < -0.3 is 0 Å². The van der Waals surface area contributed by atoms with Crippen molar-refractivity contribution in [2.75, 3.05) is 32.6 Å². The number of carbonyl (C=O) groups is 1. The van der Waals surface area contributed by atoms with Crippen LogP contribution in [-0.4, -0.2) is 42.0 Å². The second-order valence-electron chi connectivity index (χ2n) is 6.45. The van der Waals surface area contributed by atoms with Crippen LogP contribution in [0.1, 0.15) is 25.0 Å². The summed E-state index contributed by atoms with van der Waals surface area (Å²) >= 11 is 1.23. The predicted octanol–water partition coefficient (Wildman–Crippen LogP) is 4.10. The van der Waals surface area contributed by atoms with Gasteiger partial charge in [-0.25, -0.2) is 0 Å². The fourth-order valence-corrected chi connectivity index (χ4v) is 2.69. The second-order valence-corrected chi connectivity index (χ2v) is 8.77. The molecule has 0 fully saturated rings. The molecule has 8 heteroatoms. The van der Waals surface area contributed by atoms with Gasteiger partial charge in [0.1, 0.15) is 0 Å². The van der Waals surface area contributed by atoms with Gasteiger partial charge in [-0.15, -0.1) is 0 Å². The molecular formula is C20H25F3N2O2W. The van der Waals surface area contributed by atoms with Gasteiger partial charge in [0.05, 0.1) is 0 Å². The Morgan fingerprint density at radius 1 is 1.32 bits per heavy atom. The summed E-state index contributed by atoms with van der Waals surface area (Å²) in [6.07, 6.45) is -1.12. The number of hydrogen-bond donors (Lipinski definition) is 1. The third kappa shape index (κ3) is 7.72. The number of carbonyl (C=O) groups excluding carboxylic acids is 1. The molecule has 4 nitrogen and oxygen atoms in total. The first kappa shape index (κ1) is 24.3. The van der Waals surface area contributed by atoms with Crippen molar-refractivity contribution in [3.05, 3.63) is 52.8 Å². The second kappa shape index (κ2) is 10.7. The topological polar surface area (TPSA) is 41.6 Å². The molecule has 1 aromatic carbocycles. The number of benzene rings is 1. The molecule has 1 aromatic rings. The molecule has 0 spiro atoms. The van der Waals surface area contributed by atoms with Crippen LogP contribution in [-0.2, 0) is 35.1 Å². The number of ether oxygens (including phenoxy) is 1. The first-order valence-electron chi connectivity index (χ1n) is 8.61. The van der Waals surface area contributed by atoms with Gasteiger partial charge in [-0.1, -0.05) is 0 Å². The van der Waals surface area contributed by atoms with E-state index < -0.39 is 17.6 Å². The summed E-state index contributed by atoms with van der Waals surface area (Å²) < 4.78 is 46.1. The number of allylic oxidation sites excluding steroid dienone is 2. The minimum atomic E-state index is -4.48. The van der Waals surface area contributed by atoms with Gasteiger partial charge in [0.25, 0.3) is 0 Å². The van der Waals surface area contributed by atoms with Crippen LogP contribution in [0.4, 0.5) is 18.9 Å². The zero-order valence-electron chi connectivity index (χ0n) is 16.6. The Morgan fingerprint density at radius 2 is 1.96 bits per heavy atom. The molecule has 0 aromatic heterocycles. The zero-order valence-corrected chi connectivity index (χ0v) is 19.5. The number of aryl methyl sites for hydroxylation is 1. The molecule has 1 N–H and O–H groups in total. The fourth-order valence-electron chi connectivity index (χ4n) is 2.31. The number of rotatable bonds is 8. The third-order valence-electron chi connectivity index (χ3n) is 3.73. The molecule has 0 heterocycles. The van der Waals surface area contributed by atoms with Gasteiger partial charge in [-0.3, -0.25) is 0 Å². The summed E-state index contributed by atoms with van der Waals surface area (Å²) in [7, 11) is 3.82. The zero-order chi connectivity index (χ0) is 21.5. The average molecular weight is 566 g/mol. The minimum absolute atomic E-state index is 0.0812. The van der Waals surface area contributed by atoms with Crippen molar-refractivity contribution in [3.8, 4) is 0 Å². The number of amides is 1. The number of nitrogens with zero attached hydrogens (tertiary/aromatic N) is 1. The Labute approximate surface area is 174 Å². The van der Waals surface area contributed by atoms with Crippen LogP contribution in [0.15, 0.2) is 41.7 Å².